The van der Waals surface area contributed by atoms with Crippen molar-refractivity contribution in [3.8, 4) is 0 Å². The van der Waals surface area contributed by atoms with Crippen molar-refractivity contribution in [3.63, 3.8) is 0 Å². The molecule has 0 N–H and O–H groups in total. The Kier molecular flexibility index (Phi) is 2.52. The van der Waals surface area contributed by atoms with Crippen LogP contribution in [0.25, 0.3) is 0 Å². The first-order valence-corrected chi connectivity index (χ1v) is 4.01. The van der Waals surface area contributed by atoms with Crippen LogP contribution in [-0.4, -0.2) is 6.29 Å². The quantitative estimate of drug-likeness (QED) is 0.661. The summed E-state index contributed by atoms with van der Waals surface area (Å²) in [5, 5.41) is 1.33. The molecule has 66 valence electrons. The molecule has 1 aromatic rings. The summed E-state index contributed by atoms with van der Waals surface area (Å²) >= 11 is 0.950. The van der Waals surface area contributed by atoms with Gasteiger partial charge in [-0.05, 0) is 11.4 Å². The molecular weight excluding hydrogens is 189 g/mol. The van der Waals surface area contributed by atoms with E-state index in [9.17, 15) is 18.0 Å². The number of aldehydes is 1. The second-order valence-electron chi connectivity index (χ2n) is 2.13. The third kappa shape index (κ3) is 1.85. The number of carbonyl (C=O) groups excluding carboxylic acids is 1. The van der Waals surface area contributed by atoms with Crippen molar-refractivity contribution >= 4 is 17.6 Å². The van der Waals surface area contributed by atoms with E-state index in [0.717, 1.165) is 17.4 Å². The summed E-state index contributed by atoms with van der Waals surface area (Å²) in [4.78, 5) is 10.1. The maximum atomic E-state index is 12.1. The fourth-order valence-corrected chi connectivity index (χ4v) is 1.67. The zero-order chi connectivity index (χ0) is 9.19. The molecule has 1 heterocycles. The molecule has 0 atom stereocenters. The van der Waals surface area contributed by atoms with Gasteiger partial charge in [-0.2, -0.15) is 13.2 Å². The minimum Gasteiger partial charge on any atom is -0.303 e. The summed E-state index contributed by atoms with van der Waals surface area (Å²) in [6.45, 7) is 0. The number of alkyl halides is 3. The zero-order valence-electron chi connectivity index (χ0n) is 5.89. The van der Waals surface area contributed by atoms with E-state index < -0.39 is 11.7 Å². The van der Waals surface area contributed by atoms with Crippen molar-refractivity contribution in [2.45, 2.75) is 12.6 Å². The maximum Gasteiger partial charge on any atom is 0.417 e. The van der Waals surface area contributed by atoms with Gasteiger partial charge in [-0.3, -0.25) is 0 Å². The van der Waals surface area contributed by atoms with Gasteiger partial charge >= 0.3 is 6.18 Å². The van der Waals surface area contributed by atoms with Crippen LogP contribution in [-0.2, 0) is 17.4 Å². The lowest BCUT2D eigenvalue weighted by Gasteiger charge is -2.04. The summed E-state index contributed by atoms with van der Waals surface area (Å²) in [6.07, 6.45) is -4.02. The molecule has 0 saturated carbocycles. The summed E-state index contributed by atoms with van der Waals surface area (Å²) in [5.74, 6) is 0. The van der Waals surface area contributed by atoms with Crippen molar-refractivity contribution in [1.82, 2.24) is 0 Å². The van der Waals surface area contributed by atoms with Crippen LogP contribution in [0.1, 0.15) is 10.4 Å². The van der Waals surface area contributed by atoms with E-state index in [1.54, 1.807) is 0 Å². The molecule has 1 rings (SSSR count). The van der Waals surface area contributed by atoms with E-state index in [-0.39, 0.29) is 11.3 Å². The smallest absolute Gasteiger partial charge is 0.303 e. The molecule has 0 fully saturated rings. The van der Waals surface area contributed by atoms with Crippen LogP contribution >= 0.6 is 11.3 Å². The number of carbonyl (C=O) groups is 1. The van der Waals surface area contributed by atoms with Gasteiger partial charge in [0.15, 0.2) is 0 Å². The predicted molar refractivity (Wildman–Crippen MR) is 39.1 cm³/mol. The number of halogens is 3. The van der Waals surface area contributed by atoms with Gasteiger partial charge in [0, 0.05) is 11.3 Å². The molecular formula is C7H5F3OS. The average molecular weight is 194 g/mol. The minimum atomic E-state index is -4.33. The highest BCUT2D eigenvalue weighted by molar-refractivity contribution is 7.10. The Morgan fingerprint density at radius 1 is 1.50 bits per heavy atom. The highest BCUT2D eigenvalue weighted by Gasteiger charge is 2.33. The fourth-order valence-electron chi connectivity index (χ4n) is 0.827. The second kappa shape index (κ2) is 3.26. The standard InChI is InChI=1S/C7H5F3OS/c8-7(9,10)5-2-4-12-6(5)1-3-11/h2-4H,1H2. The average Bonchev–Trinajstić information content (AvgIpc) is 2.34. The third-order valence-electron chi connectivity index (χ3n) is 1.32. The van der Waals surface area contributed by atoms with E-state index in [0.29, 0.717) is 6.29 Å². The van der Waals surface area contributed by atoms with E-state index >= 15 is 0 Å². The van der Waals surface area contributed by atoms with Gasteiger partial charge in [0.05, 0.1) is 5.56 Å². The first kappa shape index (κ1) is 9.25. The van der Waals surface area contributed by atoms with Crippen molar-refractivity contribution in [2.75, 3.05) is 0 Å². The van der Waals surface area contributed by atoms with Gasteiger partial charge < -0.3 is 4.79 Å². The molecule has 0 bridgehead atoms. The number of thiophene rings is 1. The summed E-state index contributed by atoms with van der Waals surface area (Å²) < 4.78 is 36.3. The highest BCUT2D eigenvalue weighted by Crippen LogP contribution is 2.34. The lowest BCUT2D eigenvalue weighted by atomic mass is 10.2. The van der Waals surface area contributed by atoms with E-state index in [2.05, 4.69) is 0 Å². The number of rotatable bonds is 2. The molecule has 1 nitrogen and oxygen atoms in total. The number of hydrogen-bond donors (Lipinski definition) is 0. The summed E-state index contributed by atoms with van der Waals surface area (Å²) in [7, 11) is 0. The van der Waals surface area contributed by atoms with Crippen LogP contribution in [0.4, 0.5) is 13.2 Å². The Morgan fingerprint density at radius 3 is 2.67 bits per heavy atom. The number of hydrogen-bond acceptors (Lipinski definition) is 2. The Morgan fingerprint density at radius 2 is 2.17 bits per heavy atom. The molecule has 0 saturated heterocycles. The molecule has 0 aliphatic carbocycles. The van der Waals surface area contributed by atoms with E-state index in [1.807, 2.05) is 0 Å². The van der Waals surface area contributed by atoms with Crippen molar-refractivity contribution in [3.05, 3.63) is 21.9 Å². The highest BCUT2D eigenvalue weighted by atomic mass is 32.1. The van der Waals surface area contributed by atoms with Crippen LogP contribution in [0.3, 0.4) is 0 Å². The molecule has 1 aromatic heterocycles. The van der Waals surface area contributed by atoms with Gasteiger partial charge in [0.2, 0.25) is 0 Å². The largest absolute Gasteiger partial charge is 0.417 e. The third-order valence-corrected chi connectivity index (χ3v) is 2.26. The van der Waals surface area contributed by atoms with Crippen LogP contribution in [0.5, 0.6) is 0 Å². The van der Waals surface area contributed by atoms with Crippen molar-refractivity contribution < 1.29 is 18.0 Å². The maximum absolute atomic E-state index is 12.1. The van der Waals surface area contributed by atoms with Gasteiger partial charge in [0.25, 0.3) is 0 Å². The van der Waals surface area contributed by atoms with Crippen LogP contribution in [0.2, 0.25) is 0 Å². The van der Waals surface area contributed by atoms with E-state index in [1.165, 1.54) is 5.38 Å². The molecule has 0 unspecified atom stereocenters. The lowest BCUT2D eigenvalue weighted by Crippen LogP contribution is -2.06. The Labute approximate surface area is 70.8 Å². The molecule has 12 heavy (non-hydrogen) atoms. The molecule has 0 radical (unpaired) electrons. The summed E-state index contributed by atoms with van der Waals surface area (Å²) in [6, 6.07) is 0.990. The molecule has 0 spiro atoms. The Bertz CT molecular complexity index is 276. The van der Waals surface area contributed by atoms with E-state index in [4.69, 9.17) is 0 Å². The molecule has 0 aromatic carbocycles. The molecule has 0 aliphatic rings. The first-order valence-electron chi connectivity index (χ1n) is 3.13. The first-order chi connectivity index (χ1) is 5.55. The van der Waals surface area contributed by atoms with Crippen LogP contribution in [0.15, 0.2) is 11.4 Å². The lowest BCUT2D eigenvalue weighted by molar-refractivity contribution is -0.137. The van der Waals surface area contributed by atoms with Gasteiger partial charge in [-0.1, -0.05) is 0 Å². The van der Waals surface area contributed by atoms with Gasteiger partial charge in [-0.25, -0.2) is 0 Å². The summed E-state index contributed by atoms with van der Waals surface area (Å²) in [5.41, 5.74) is -0.695. The molecule has 0 aliphatic heterocycles. The SMILES string of the molecule is O=CCc1sccc1C(F)(F)F. The van der Waals surface area contributed by atoms with Crippen molar-refractivity contribution in [2.24, 2.45) is 0 Å². The Hall–Kier alpha value is -0.840. The topological polar surface area (TPSA) is 17.1 Å². The van der Waals surface area contributed by atoms with Crippen LogP contribution in [0, 0.1) is 0 Å². The molecule has 0 amide bonds. The predicted octanol–water partition coefficient (Wildman–Crippen LogP) is 2.51. The van der Waals surface area contributed by atoms with Crippen molar-refractivity contribution in [1.29, 1.82) is 0 Å². The zero-order valence-corrected chi connectivity index (χ0v) is 6.71. The fraction of sp³-hybridized carbons (Fsp3) is 0.286. The normalized spacial score (nSPS) is 11.6. The monoisotopic (exact) mass is 194 g/mol. The molecule has 5 heteroatoms. The van der Waals surface area contributed by atoms with Crippen LogP contribution < -0.4 is 0 Å². The van der Waals surface area contributed by atoms with Gasteiger partial charge in [-0.15, -0.1) is 11.3 Å². The Balaban J connectivity index is 2.99. The van der Waals surface area contributed by atoms with Gasteiger partial charge in [0.1, 0.15) is 6.29 Å². The minimum absolute atomic E-state index is 0.0810. The second-order valence-corrected chi connectivity index (χ2v) is 3.13.